The third kappa shape index (κ3) is 4.28. The molecule has 5 nitrogen and oxygen atoms in total. The molecule has 2 aromatic rings. The summed E-state index contributed by atoms with van der Waals surface area (Å²) in [5.74, 6) is 1.03. The van der Waals surface area contributed by atoms with Crippen molar-refractivity contribution in [2.45, 2.75) is 26.2 Å². The van der Waals surface area contributed by atoms with E-state index in [-0.39, 0.29) is 5.91 Å². The molecule has 0 bridgehead atoms. The normalized spacial score (nSPS) is 15.0. The molecule has 3 rings (SSSR count). The van der Waals surface area contributed by atoms with Crippen LogP contribution in [0.25, 0.3) is 0 Å². The van der Waals surface area contributed by atoms with Gasteiger partial charge in [-0.15, -0.1) is 11.3 Å². The van der Waals surface area contributed by atoms with E-state index < -0.39 is 0 Å². The molecule has 0 N–H and O–H groups in total. The highest BCUT2D eigenvalue weighted by Gasteiger charge is 2.21. The number of anilines is 1. The minimum Gasteiger partial charge on any atom is -0.339 e. The van der Waals surface area contributed by atoms with Gasteiger partial charge in [-0.3, -0.25) is 4.79 Å². The van der Waals surface area contributed by atoms with Gasteiger partial charge in [0, 0.05) is 54.7 Å². The fourth-order valence-electron chi connectivity index (χ4n) is 2.80. The molecule has 1 amide bonds. The number of rotatable bonds is 5. The van der Waals surface area contributed by atoms with Crippen LogP contribution in [0, 0.1) is 6.92 Å². The van der Waals surface area contributed by atoms with Crippen LogP contribution in [0.5, 0.6) is 0 Å². The first-order valence-corrected chi connectivity index (χ1v) is 8.89. The molecule has 0 unspecified atom stereocenters. The molecule has 23 heavy (non-hydrogen) atoms. The summed E-state index contributed by atoms with van der Waals surface area (Å²) in [6, 6.07) is 6.13. The topological polar surface area (TPSA) is 49.3 Å². The quantitative estimate of drug-likeness (QED) is 0.845. The zero-order chi connectivity index (χ0) is 16.1. The highest BCUT2D eigenvalue weighted by molar-refractivity contribution is 7.11. The molecule has 0 aromatic carbocycles. The van der Waals surface area contributed by atoms with Crippen LogP contribution in [0.15, 0.2) is 30.6 Å². The first-order valence-electron chi connectivity index (χ1n) is 8.07. The van der Waals surface area contributed by atoms with Gasteiger partial charge in [0.25, 0.3) is 0 Å². The zero-order valence-corrected chi connectivity index (χ0v) is 14.3. The second-order valence-electron chi connectivity index (χ2n) is 5.78. The molecule has 0 saturated carbocycles. The average molecular weight is 330 g/mol. The third-order valence-electron chi connectivity index (χ3n) is 4.08. The van der Waals surface area contributed by atoms with Gasteiger partial charge in [0.15, 0.2) is 0 Å². The average Bonchev–Trinajstić information content (AvgIpc) is 3.01. The molecule has 3 heterocycles. The van der Waals surface area contributed by atoms with E-state index in [1.54, 1.807) is 12.4 Å². The molecule has 0 aliphatic carbocycles. The second kappa shape index (κ2) is 7.55. The lowest BCUT2D eigenvalue weighted by Gasteiger charge is -2.34. The number of piperazine rings is 1. The molecule has 6 heteroatoms. The predicted octanol–water partition coefficient (Wildman–Crippen LogP) is 2.52. The molecule has 0 atom stereocenters. The van der Waals surface area contributed by atoms with Crippen LogP contribution in [-0.2, 0) is 11.2 Å². The Morgan fingerprint density at radius 3 is 2.57 bits per heavy atom. The third-order valence-corrected chi connectivity index (χ3v) is 5.14. The number of carbonyl (C=O) groups is 1. The Kier molecular flexibility index (Phi) is 5.23. The van der Waals surface area contributed by atoms with E-state index in [2.05, 4.69) is 33.9 Å². The number of carbonyl (C=O) groups excluding carboxylic acids is 1. The molecule has 2 aromatic heterocycles. The van der Waals surface area contributed by atoms with Crippen molar-refractivity contribution in [2.75, 3.05) is 31.1 Å². The summed E-state index contributed by atoms with van der Waals surface area (Å²) in [6.45, 7) is 5.25. The van der Waals surface area contributed by atoms with E-state index in [9.17, 15) is 4.79 Å². The summed E-state index contributed by atoms with van der Waals surface area (Å²) >= 11 is 1.83. The van der Waals surface area contributed by atoms with Crippen molar-refractivity contribution in [3.05, 3.63) is 40.3 Å². The Bertz CT molecular complexity index is 635. The molecule has 0 radical (unpaired) electrons. The summed E-state index contributed by atoms with van der Waals surface area (Å²) in [7, 11) is 0. The van der Waals surface area contributed by atoms with E-state index >= 15 is 0 Å². The van der Waals surface area contributed by atoms with Crippen LogP contribution < -0.4 is 4.90 Å². The van der Waals surface area contributed by atoms with Crippen molar-refractivity contribution in [3.63, 3.8) is 0 Å². The predicted molar refractivity (Wildman–Crippen MR) is 92.8 cm³/mol. The largest absolute Gasteiger partial charge is 0.339 e. The molecule has 0 spiro atoms. The van der Waals surface area contributed by atoms with Crippen molar-refractivity contribution in [2.24, 2.45) is 0 Å². The summed E-state index contributed by atoms with van der Waals surface area (Å²) < 4.78 is 0. The lowest BCUT2D eigenvalue weighted by molar-refractivity contribution is -0.131. The van der Waals surface area contributed by atoms with Gasteiger partial charge < -0.3 is 9.80 Å². The van der Waals surface area contributed by atoms with Crippen LogP contribution in [0.3, 0.4) is 0 Å². The number of hydrogen-bond acceptors (Lipinski definition) is 5. The second-order valence-corrected chi connectivity index (χ2v) is 7.15. The van der Waals surface area contributed by atoms with Gasteiger partial charge >= 0.3 is 0 Å². The Morgan fingerprint density at radius 1 is 1.17 bits per heavy atom. The van der Waals surface area contributed by atoms with Crippen molar-refractivity contribution in [1.82, 2.24) is 14.9 Å². The van der Waals surface area contributed by atoms with Crippen molar-refractivity contribution in [3.8, 4) is 0 Å². The Balaban J connectivity index is 1.41. The number of amides is 1. The Morgan fingerprint density at radius 2 is 1.91 bits per heavy atom. The van der Waals surface area contributed by atoms with E-state index in [1.165, 1.54) is 9.75 Å². The van der Waals surface area contributed by atoms with Gasteiger partial charge in [0.2, 0.25) is 11.9 Å². The van der Waals surface area contributed by atoms with E-state index in [0.717, 1.165) is 45.0 Å². The van der Waals surface area contributed by atoms with Crippen LogP contribution in [0.2, 0.25) is 0 Å². The SMILES string of the molecule is Cc1ccc(CCCC(=O)N2CCN(c3ncccn3)CC2)s1. The lowest BCUT2D eigenvalue weighted by Crippen LogP contribution is -2.49. The minimum absolute atomic E-state index is 0.270. The summed E-state index contributed by atoms with van der Waals surface area (Å²) in [4.78, 5) is 27.7. The smallest absolute Gasteiger partial charge is 0.225 e. The molecule has 1 fully saturated rings. The monoisotopic (exact) mass is 330 g/mol. The molecule has 1 aliphatic rings. The minimum atomic E-state index is 0.270. The van der Waals surface area contributed by atoms with Gasteiger partial charge in [0.05, 0.1) is 0 Å². The fraction of sp³-hybridized carbons (Fsp3) is 0.471. The number of nitrogens with zero attached hydrogens (tertiary/aromatic N) is 4. The molecule has 1 saturated heterocycles. The first-order chi connectivity index (χ1) is 11.2. The highest BCUT2D eigenvalue weighted by Crippen LogP contribution is 2.18. The van der Waals surface area contributed by atoms with Gasteiger partial charge in [0.1, 0.15) is 0 Å². The Hall–Kier alpha value is -1.95. The molecular formula is C17H22N4OS. The van der Waals surface area contributed by atoms with Gasteiger partial charge in [-0.05, 0) is 38.0 Å². The van der Waals surface area contributed by atoms with E-state index in [4.69, 9.17) is 0 Å². The zero-order valence-electron chi connectivity index (χ0n) is 13.4. The fourth-order valence-corrected chi connectivity index (χ4v) is 3.73. The number of hydrogen-bond donors (Lipinski definition) is 0. The number of thiophene rings is 1. The van der Waals surface area contributed by atoms with Crippen LogP contribution in [-0.4, -0.2) is 47.0 Å². The number of aromatic nitrogens is 2. The maximum Gasteiger partial charge on any atom is 0.225 e. The summed E-state index contributed by atoms with van der Waals surface area (Å²) in [5, 5.41) is 0. The van der Waals surface area contributed by atoms with Crippen molar-refractivity contribution >= 4 is 23.2 Å². The summed E-state index contributed by atoms with van der Waals surface area (Å²) in [5.41, 5.74) is 0. The van der Waals surface area contributed by atoms with Crippen LogP contribution in [0.1, 0.15) is 22.6 Å². The van der Waals surface area contributed by atoms with Crippen molar-refractivity contribution < 1.29 is 4.79 Å². The number of aryl methyl sites for hydroxylation is 2. The standard InChI is InChI=1S/C17H22N4OS/c1-14-6-7-15(23-14)4-2-5-16(22)20-10-12-21(13-11-20)17-18-8-3-9-19-17/h3,6-9H,2,4-5,10-13H2,1H3. The highest BCUT2D eigenvalue weighted by atomic mass is 32.1. The van der Waals surface area contributed by atoms with Crippen molar-refractivity contribution in [1.29, 1.82) is 0 Å². The summed E-state index contributed by atoms with van der Waals surface area (Å²) in [6.07, 6.45) is 6.08. The first kappa shape index (κ1) is 15.9. The van der Waals surface area contributed by atoms with Gasteiger partial charge in [-0.1, -0.05) is 0 Å². The lowest BCUT2D eigenvalue weighted by atomic mass is 10.2. The van der Waals surface area contributed by atoms with Crippen LogP contribution in [0.4, 0.5) is 5.95 Å². The van der Waals surface area contributed by atoms with E-state index in [1.807, 2.05) is 22.3 Å². The molecule has 122 valence electrons. The van der Waals surface area contributed by atoms with Gasteiger partial charge in [-0.2, -0.15) is 0 Å². The van der Waals surface area contributed by atoms with E-state index in [0.29, 0.717) is 6.42 Å². The van der Waals surface area contributed by atoms with Gasteiger partial charge in [-0.25, -0.2) is 9.97 Å². The molecule has 1 aliphatic heterocycles. The molecular weight excluding hydrogens is 308 g/mol. The Labute approximate surface area is 141 Å². The van der Waals surface area contributed by atoms with Crippen LogP contribution >= 0.6 is 11.3 Å². The maximum absolute atomic E-state index is 12.3. The maximum atomic E-state index is 12.3.